The van der Waals surface area contributed by atoms with Crippen LogP contribution in [-0.4, -0.2) is 29.0 Å². The third kappa shape index (κ3) is 3.66. The molecule has 2 aliphatic rings. The molecule has 4 heteroatoms. The SMILES string of the molecule is C[C@@H]1CC([I-][C@H]2C[I-]CC(F)C2)N[C@H]1C. The molecular formula is C11H20FI2N-2. The summed E-state index contributed by atoms with van der Waals surface area (Å²) in [5.41, 5.74) is 0. The first kappa shape index (κ1) is 12.8. The maximum atomic E-state index is 13.3. The van der Waals surface area contributed by atoms with Crippen molar-refractivity contribution in [1.82, 2.24) is 5.32 Å². The number of alkyl halides is 5. The number of hydrogen-bond donors (Lipinski definition) is 1. The standard InChI is InChI=1S/C11H20FI2N/c1-7-3-11(15-8(7)2)14-10-4-9(12)5-13-6-10/h7-11,15H,3-6H2,1-2H3/q-2/t7-,8+,9?,10-,11?/m1/s1. The molecule has 0 saturated carbocycles. The van der Waals surface area contributed by atoms with Gasteiger partial charge in [0.05, 0.1) is 0 Å². The van der Waals surface area contributed by atoms with Crippen LogP contribution >= 0.6 is 0 Å². The van der Waals surface area contributed by atoms with Crippen molar-refractivity contribution in [2.24, 2.45) is 5.92 Å². The molecule has 0 spiro atoms. The average Bonchev–Trinajstić information content (AvgIpc) is 2.45. The Morgan fingerprint density at radius 1 is 1.27 bits per heavy atom. The zero-order valence-corrected chi connectivity index (χ0v) is 13.7. The van der Waals surface area contributed by atoms with Crippen LogP contribution in [0.15, 0.2) is 0 Å². The van der Waals surface area contributed by atoms with Crippen molar-refractivity contribution in [3.05, 3.63) is 0 Å². The molecule has 5 atom stereocenters. The molecule has 0 aliphatic carbocycles. The van der Waals surface area contributed by atoms with Crippen LogP contribution in [0.25, 0.3) is 0 Å². The predicted octanol–water partition coefficient (Wildman–Crippen LogP) is -4.38. The summed E-state index contributed by atoms with van der Waals surface area (Å²) in [6.07, 6.45) is 1.81. The van der Waals surface area contributed by atoms with Gasteiger partial charge in [-0.25, -0.2) is 0 Å². The van der Waals surface area contributed by atoms with Crippen molar-refractivity contribution < 1.29 is 46.8 Å². The Kier molecular flexibility index (Phi) is 4.95. The van der Waals surface area contributed by atoms with Gasteiger partial charge in [0.1, 0.15) is 0 Å². The molecule has 0 amide bonds. The number of hydrogen-bond acceptors (Lipinski definition) is 1. The Morgan fingerprint density at radius 2 is 2.07 bits per heavy atom. The fourth-order valence-electron chi connectivity index (χ4n) is 2.14. The summed E-state index contributed by atoms with van der Waals surface area (Å²) in [6, 6.07) is 0.689. The summed E-state index contributed by atoms with van der Waals surface area (Å²) in [4.78, 5) is 0. The van der Waals surface area contributed by atoms with Gasteiger partial charge < -0.3 is 0 Å². The number of rotatable bonds is 2. The van der Waals surface area contributed by atoms with E-state index in [4.69, 9.17) is 0 Å². The molecule has 2 heterocycles. The van der Waals surface area contributed by atoms with Crippen LogP contribution in [0, 0.1) is 5.92 Å². The summed E-state index contributed by atoms with van der Waals surface area (Å²) < 4.78 is 17.2. The summed E-state index contributed by atoms with van der Waals surface area (Å²) in [5.74, 6) is 0.828. The van der Waals surface area contributed by atoms with E-state index in [-0.39, 0.29) is 42.4 Å². The normalized spacial score (nSPS) is 47.8. The third-order valence-corrected chi connectivity index (χ3v) is 11.9. The van der Waals surface area contributed by atoms with Crippen LogP contribution in [0.3, 0.4) is 0 Å². The van der Waals surface area contributed by atoms with Gasteiger partial charge in [0, 0.05) is 0 Å². The Balaban J connectivity index is 1.77. The quantitative estimate of drug-likeness (QED) is 0.261. The van der Waals surface area contributed by atoms with Gasteiger partial charge in [0.2, 0.25) is 0 Å². The van der Waals surface area contributed by atoms with Crippen molar-refractivity contribution >= 4 is 0 Å². The van der Waals surface area contributed by atoms with Gasteiger partial charge in [-0.05, 0) is 0 Å². The first-order chi connectivity index (χ1) is 7.15. The average molecular weight is 439 g/mol. The predicted molar refractivity (Wildman–Crippen MR) is 53.2 cm³/mol. The minimum absolute atomic E-state index is 0.195. The van der Waals surface area contributed by atoms with Gasteiger partial charge in [-0.3, -0.25) is 0 Å². The molecule has 92 valence electrons. The second-order valence-corrected chi connectivity index (χ2v) is 11.5. The third-order valence-electron chi connectivity index (χ3n) is 3.27. The maximum absolute atomic E-state index is 13.3. The van der Waals surface area contributed by atoms with E-state index in [1.165, 1.54) is 10.8 Å². The molecule has 1 N–H and O–H groups in total. The van der Waals surface area contributed by atoms with Crippen LogP contribution in [0.1, 0.15) is 26.7 Å². The molecule has 0 bridgehead atoms. The summed E-state index contributed by atoms with van der Waals surface area (Å²) in [7, 11) is 0. The van der Waals surface area contributed by atoms with E-state index in [0.717, 1.165) is 24.7 Å². The number of halogens is 3. The minimum atomic E-state index is -0.438. The van der Waals surface area contributed by atoms with E-state index in [1.807, 2.05) is 0 Å². The Labute approximate surface area is 113 Å². The molecule has 0 aromatic rings. The fraction of sp³-hybridized carbons (Fsp3) is 1.00. The van der Waals surface area contributed by atoms with Crippen LogP contribution in [0.4, 0.5) is 4.39 Å². The van der Waals surface area contributed by atoms with Gasteiger partial charge in [0.15, 0.2) is 0 Å². The Morgan fingerprint density at radius 3 is 2.67 bits per heavy atom. The molecule has 2 fully saturated rings. The first-order valence-electron chi connectivity index (χ1n) is 5.70. The summed E-state index contributed by atoms with van der Waals surface area (Å²) in [5, 5.41) is 3.70. The number of nitrogens with one attached hydrogen (secondary N) is 1. The van der Waals surface area contributed by atoms with E-state index >= 15 is 0 Å². The molecule has 0 aromatic heterocycles. The van der Waals surface area contributed by atoms with Gasteiger partial charge in [0.25, 0.3) is 0 Å². The zero-order valence-electron chi connectivity index (χ0n) is 9.35. The zero-order chi connectivity index (χ0) is 10.8. The fourth-order valence-corrected chi connectivity index (χ4v) is 11.6. The van der Waals surface area contributed by atoms with E-state index < -0.39 is 6.17 Å². The monoisotopic (exact) mass is 439 g/mol. The Hall–Kier alpha value is 1.35. The molecule has 15 heavy (non-hydrogen) atoms. The molecule has 1 nitrogen and oxygen atoms in total. The topological polar surface area (TPSA) is 12.0 Å². The molecule has 2 rings (SSSR count). The van der Waals surface area contributed by atoms with Crippen LogP contribution in [0.5, 0.6) is 0 Å². The van der Waals surface area contributed by atoms with Crippen molar-refractivity contribution in [2.75, 3.05) is 8.86 Å². The van der Waals surface area contributed by atoms with Crippen LogP contribution in [-0.2, 0) is 0 Å². The Bertz CT molecular complexity index is 202. The molecular weight excluding hydrogens is 419 g/mol. The van der Waals surface area contributed by atoms with E-state index in [1.54, 1.807) is 0 Å². The molecule has 2 unspecified atom stereocenters. The van der Waals surface area contributed by atoms with E-state index in [0.29, 0.717) is 6.04 Å². The molecule has 0 radical (unpaired) electrons. The second-order valence-electron chi connectivity index (χ2n) is 4.69. The molecule has 2 aliphatic heterocycles. The van der Waals surface area contributed by atoms with Gasteiger partial charge in [-0.15, -0.1) is 0 Å². The first-order valence-corrected chi connectivity index (χ1v) is 11.2. The molecule has 2 saturated heterocycles. The van der Waals surface area contributed by atoms with Crippen molar-refractivity contribution in [1.29, 1.82) is 0 Å². The van der Waals surface area contributed by atoms with E-state index in [9.17, 15) is 4.39 Å². The van der Waals surface area contributed by atoms with Crippen LogP contribution < -0.4 is 47.7 Å². The van der Waals surface area contributed by atoms with Gasteiger partial charge >= 0.3 is 114 Å². The molecule has 0 aromatic carbocycles. The van der Waals surface area contributed by atoms with Gasteiger partial charge in [-0.1, -0.05) is 0 Å². The van der Waals surface area contributed by atoms with Crippen molar-refractivity contribution in [2.45, 2.75) is 46.9 Å². The van der Waals surface area contributed by atoms with E-state index in [2.05, 4.69) is 19.2 Å². The summed E-state index contributed by atoms with van der Waals surface area (Å²) >= 11 is 0.409. The summed E-state index contributed by atoms with van der Waals surface area (Å²) in [6.45, 7) is 4.63. The van der Waals surface area contributed by atoms with Crippen LogP contribution in [0.2, 0.25) is 0 Å². The van der Waals surface area contributed by atoms with Crippen molar-refractivity contribution in [3.8, 4) is 0 Å². The van der Waals surface area contributed by atoms with Crippen molar-refractivity contribution in [3.63, 3.8) is 0 Å². The van der Waals surface area contributed by atoms with Gasteiger partial charge in [-0.2, -0.15) is 0 Å². The second kappa shape index (κ2) is 5.80.